The van der Waals surface area contributed by atoms with Gasteiger partial charge in [-0.15, -0.1) is 0 Å². The molecular formula is C18H29BrO2. The number of hydrogen-bond donors (Lipinski definition) is 0. The first kappa shape index (κ1) is 15.0. The van der Waals surface area contributed by atoms with E-state index in [0.717, 1.165) is 17.9 Å². The molecule has 3 atom stereocenters. The second kappa shape index (κ2) is 5.79. The molecule has 0 aromatic heterocycles. The van der Waals surface area contributed by atoms with Crippen molar-refractivity contribution in [2.24, 2.45) is 11.3 Å². The van der Waals surface area contributed by atoms with Gasteiger partial charge < -0.3 is 9.47 Å². The Morgan fingerprint density at radius 3 is 2.48 bits per heavy atom. The van der Waals surface area contributed by atoms with Gasteiger partial charge in [0.25, 0.3) is 0 Å². The zero-order valence-corrected chi connectivity index (χ0v) is 14.7. The number of alkyl halides is 1. The molecule has 0 aromatic carbocycles. The summed E-state index contributed by atoms with van der Waals surface area (Å²) in [5.74, 6) is 0.843. The fraction of sp³-hybridized carbons (Fsp3) is 1.00. The topological polar surface area (TPSA) is 18.5 Å². The molecule has 4 aliphatic rings. The molecule has 2 saturated heterocycles. The Hall–Kier alpha value is 0.400. The lowest BCUT2D eigenvalue weighted by atomic mass is 9.76. The SMILES string of the molecule is BrCC1(CC2CCC3(CCCCC3)O2)CCOC1C1CC1. The largest absolute Gasteiger partial charge is 0.377 e. The van der Waals surface area contributed by atoms with Crippen LogP contribution in [-0.4, -0.2) is 29.7 Å². The predicted molar refractivity (Wildman–Crippen MR) is 87.8 cm³/mol. The Balaban J connectivity index is 1.42. The van der Waals surface area contributed by atoms with Gasteiger partial charge in [0.05, 0.1) is 17.8 Å². The fourth-order valence-electron chi connectivity index (χ4n) is 5.22. The van der Waals surface area contributed by atoms with E-state index >= 15 is 0 Å². The summed E-state index contributed by atoms with van der Waals surface area (Å²) >= 11 is 3.83. The van der Waals surface area contributed by atoms with Gasteiger partial charge in [0.2, 0.25) is 0 Å². The highest BCUT2D eigenvalue weighted by molar-refractivity contribution is 9.09. The van der Waals surface area contributed by atoms with Crippen LogP contribution in [0.2, 0.25) is 0 Å². The number of ether oxygens (including phenoxy) is 2. The first-order valence-corrected chi connectivity index (χ1v) is 10.2. The molecule has 120 valence electrons. The van der Waals surface area contributed by atoms with E-state index in [1.54, 1.807) is 0 Å². The van der Waals surface area contributed by atoms with E-state index < -0.39 is 0 Å². The summed E-state index contributed by atoms with van der Waals surface area (Å²) in [5.41, 5.74) is 0.622. The second-order valence-electron chi connectivity index (χ2n) is 8.10. The van der Waals surface area contributed by atoms with E-state index in [-0.39, 0.29) is 5.60 Å². The molecule has 1 spiro atoms. The van der Waals surface area contributed by atoms with Crippen LogP contribution in [0.4, 0.5) is 0 Å². The van der Waals surface area contributed by atoms with Crippen LogP contribution in [0.15, 0.2) is 0 Å². The molecule has 2 aliphatic carbocycles. The van der Waals surface area contributed by atoms with Crippen LogP contribution >= 0.6 is 15.9 Å². The van der Waals surface area contributed by atoms with Crippen LogP contribution in [0.25, 0.3) is 0 Å². The lowest BCUT2D eigenvalue weighted by Gasteiger charge is -2.37. The number of rotatable bonds is 4. The van der Waals surface area contributed by atoms with Crippen molar-refractivity contribution in [3.05, 3.63) is 0 Å². The van der Waals surface area contributed by atoms with E-state index in [2.05, 4.69) is 15.9 Å². The molecular weight excluding hydrogens is 328 g/mol. The number of halogens is 1. The normalized spacial score (nSPS) is 42.7. The Morgan fingerprint density at radius 2 is 1.76 bits per heavy atom. The van der Waals surface area contributed by atoms with Gasteiger partial charge in [0.1, 0.15) is 0 Å². The third-order valence-electron chi connectivity index (χ3n) is 6.55. The maximum absolute atomic E-state index is 6.65. The fourth-order valence-corrected chi connectivity index (χ4v) is 6.04. The van der Waals surface area contributed by atoms with Gasteiger partial charge in [-0.05, 0) is 57.3 Å². The third-order valence-corrected chi connectivity index (χ3v) is 7.67. The second-order valence-corrected chi connectivity index (χ2v) is 8.66. The molecule has 2 heterocycles. The number of hydrogen-bond acceptors (Lipinski definition) is 2. The van der Waals surface area contributed by atoms with Gasteiger partial charge in [-0.1, -0.05) is 35.2 Å². The minimum atomic E-state index is 0.269. The molecule has 0 radical (unpaired) electrons. The van der Waals surface area contributed by atoms with Crippen molar-refractivity contribution in [3.8, 4) is 0 Å². The zero-order valence-electron chi connectivity index (χ0n) is 13.1. The van der Waals surface area contributed by atoms with E-state index in [0.29, 0.717) is 17.6 Å². The van der Waals surface area contributed by atoms with E-state index in [1.807, 2.05) is 0 Å². The molecule has 3 unspecified atom stereocenters. The molecule has 0 bridgehead atoms. The maximum atomic E-state index is 6.65. The first-order valence-electron chi connectivity index (χ1n) is 9.11. The monoisotopic (exact) mass is 356 g/mol. The van der Waals surface area contributed by atoms with Gasteiger partial charge in [0.15, 0.2) is 0 Å². The molecule has 0 N–H and O–H groups in total. The van der Waals surface area contributed by atoms with Crippen molar-refractivity contribution in [1.82, 2.24) is 0 Å². The van der Waals surface area contributed by atoms with Crippen molar-refractivity contribution < 1.29 is 9.47 Å². The van der Waals surface area contributed by atoms with Gasteiger partial charge in [0, 0.05) is 17.4 Å². The Kier molecular flexibility index (Phi) is 4.13. The third kappa shape index (κ3) is 2.83. The summed E-state index contributed by atoms with van der Waals surface area (Å²) in [6.07, 6.45) is 15.6. The zero-order chi connectivity index (χ0) is 14.3. The summed E-state index contributed by atoms with van der Waals surface area (Å²) in [5, 5.41) is 1.09. The van der Waals surface area contributed by atoms with E-state index in [1.165, 1.54) is 70.6 Å². The van der Waals surface area contributed by atoms with Crippen molar-refractivity contribution in [2.75, 3.05) is 11.9 Å². The molecule has 0 aromatic rings. The minimum absolute atomic E-state index is 0.269. The highest BCUT2D eigenvalue weighted by atomic mass is 79.9. The molecule has 2 saturated carbocycles. The van der Waals surface area contributed by atoms with Gasteiger partial charge in [-0.2, -0.15) is 0 Å². The van der Waals surface area contributed by atoms with E-state index in [4.69, 9.17) is 9.47 Å². The lowest BCUT2D eigenvalue weighted by Crippen LogP contribution is -2.39. The van der Waals surface area contributed by atoms with Crippen LogP contribution in [0.1, 0.15) is 70.6 Å². The van der Waals surface area contributed by atoms with Crippen LogP contribution in [0.5, 0.6) is 0 Å². The minimum Gasteiger partial charge on any atom is -0.377 e. The average Bonchev–Trinajstić information content (AvgIpc) is 3.17. The van der Waals surface area contributed by atoms with Crippen molar-refractivity contribution in [3.63, 3.8) is 0 Å². The summed E-state index contributed by atoms with van der Waals surface area (Å²) in [6.45, 7) is 0.963. The Labute approximate surface area is 137 Å². The summed E-state index contributed by atoms with van der Waals surface area (Å²) < 4.78 is 12.8. The molecule has 3 heteroatoms. The van der Waals surface area contributed by atoms with Crippen LogP contribution in [0, 0.1) is 11.3 Å². The van der Waals surface area contributed by atoms with Gasteiger partial charge >= 0.3 is 0 Å². The van der Waals surface area contributed by atoms with Gasteiger partial charge in [-0.25, -0.2) is 0 Å². The standard InChI is InChI=1S/C18H29BrO2/c19-13-17(10-11-20-16(17)14-4-5-14)12-15-6-9-18(21-15)7-2-1-3-8-18/h14-16H,1-13H2. The molecule has 0 amide bonds. The predicted octanol–water partition coefficient (Wildman–Crippen LogP) is 4.84. The van der Waals surface area contributed by atoms with Crippen LogP contribution in [-0.2, 0) is 9.47 Å². The van der Waals surface area contributed by atoms with Crippen molar-refractivity contribution >= 4 is 15.9 Å². The summed E-state index contributed by atoms with van der Waals surface area (Å²) in [4.78, 5) is 0. The Morgan fingerprint density at radius 1 is 0.952 bits per heavy atom. The smallest absolute Gasteiger partial charge is 0.0687 e. The average molecular weight is 357 g/mol. The molecule has 2 aliphatic heterocycles. The Bertz CT molecular complexity index is 375. The van der Waals surface area contributed by atoms with Crippen LogP contribution < -0.4 is 0 Å². The molecule has 4 fully saturated rings. The molecule has 21 heavy (non-hydrogen) atoms. The quantitative estimate of drug-likeness (QED) is 0.671. The van der Waals surface area contributed by atoms with E-state index in [9.17, 15) is 0 Å². The highest BCUT2D eigenvalue weighted by Crippen LogP contribution is 2.53. The van der Waals surface area contributed by atoms with Gasteiger partial charge in [-0.3, -0.25) is 0 Å². The first-order chi connectivity index (χ1) is 10.3. The van der Waals surface area contributed by atoms with Crippen molar-refractivity contribution in [2.45, 2.75) is 88.4 Å². The summed E-state index contributed by atoms with van der Waals surface area (Å²) in [6, 6.07) is 0. The highest BCUT2D eigenvalue weighted by Gasteiger charge is 2.53. The molecule has 4 rings (SSSR count). The lowest BCUT2D eigenvalue weighted by molar-refractivity contribution is -0.0823. The van der Waals surface area contributed by atoms with Crippen molar-refractivity contribution in [1.29, 1.82) is 0 Å². The maximum Gasteiger partial charge on any atom is 0.0687 e. The molecule has 2 nitrogen and oxygen atoms in total. The van der Waals surface area contributed by atoms with Crippen LogP contribution in [0.3, 0.4) is 0 Å². The summed E-state index contributed by atoms with van der Waals surface area (Å²) in [7, 11) is 0.